The number of aliphatic hydroxyl groups is 3. The standard InChI is InChI=1S/C34H52O11/c1-8-25(13-15-30(39)40)11-9-10-19(2)16-20(3)12-14-26(35)22(5)28(37)17-27(36)21(4)24(7)44-31(41)18-29(38)32-23(6)33(42)45-34(32)43/h11,13,15,19-22,24,26-27,29,35-36,38H,8-10,12,14,16-18H2,1-7H3,(H,39,40)/b15-13+,25-11+/t19-,20?,21+,22-,24+,26?,27?,29?/m0/s1. The van der Waals surface area contributed by atoms with Gasteiger partial charge in [-0.3, -0.25) is 9.59 Å². The van der Waals surface area contributed by atoms with Crippen molar-refractivity contribution >= 4 is 29.7 Å². The molecular weight excluding hydrogens is 584 g/mol. The number of carboxylic acid groups (broad SMARTS) is 1. The first-order valence-corrected chi connectivity index (χ1v) is 15.8. The molecule has 0 saturated heterocycles. The topological polar surface area (TPSA) is 185 Å². The molecule has 4 N–H and O–H groups in total. The summed E-state index contributed by atoms with van der Waals surface area (Å²) in [7, 11) is 0. The van der Waals surface area contributed by atoms with E-state index in [-0.39, 0.29) is 23.4 Å². The molecule has 4 unspecified atom stereocenters. The van der Waals surface area contributed by atoms with E-state index in [4.69, 9.17) is 9.84 Å². The lowest BCUT2D eigenvalue weighted by Gasteiger charge is -2.27. The van der Waals surface area contributed by atoms with Gasteiger partial charge in [-0.1, -0.05) is 52.3 Å². The first-order chi connectivity index (χ1) is 21.0. The number of rotatable bonds is 21. The zero-order valence-electron chi connectivity index (χ0n) is 27.7. The predicted molar refractivity (Wildman–Crippen MR) is 167 cm³/mol. The highest BCUT2D eigenvalue weighted by Crippen LogP contribution is 2.26. The molecule has 1 rings (SSSR count). The Bertz CT molecular complexity index is 1130. The summed E-state index contributed by atoms with van der Waals surface area (Å²) in [6, 6.07) is 0. The van der Waals surface area contributed by atoms with Gasteiger partial charge in [-0.15, -0.1) is 0 Å². The van der Waals surface area contributed by atoms with Crippen LogP contribution in [-0.2, 0) is 33.4 Å². The number of carbonyl (C=O) groups is 5. The summed E-state index contributed by atoms with van der Waals surface area (Å²) in [4.78, 5) is 59.1. The summed E-state index contributed by atoms with van der Waals surface area (Å²) in [5, 5.41) is 40.4. The van der Waals surface area contributed by atoms with Gasteiger partial charge >= 0.3 is 23.9 Å². The average Bonchev–Trinajstić information content (AvgIpc) is 3.22. The number of carboxylic acids is 1. The Hall–Kier alpha value is -3.15. The van der Waals surface area contributed by atoms with Gasteiger partial charge in [0.2, 0.25) is 0 Å². The number of aliphatic hydroxyl groups excluding tert-OH is 3. The van der Waals surface area contributed by atoms with Crippen LogP contribution in [0, 0.1) is 23.7 Å². The van der Waals surface area contributed by atoms with Crippen LogP contribution in [-0.4, -0.2) is 74.5 Å². The maximum absolute atomic E-state index is 12.8. The minimum atomic E-state index is -1.58. The van der Waals surface area contributed by atoms with Crippen LogP contribution in [0.2, 0.25) is 0 Å². The van der Waals surface area contributed by atoms with Crippen LogP contribution in [0.15, 0.2) is 34.9 Å². The SMILES string of the molecule is CCC(/C=C/C(=O)O)=C\CC[C@H](C)CC(C)CCC(O)[C@H](C)C(=O)CC(O)[C@H](C)[C@@H](C)OC(=O)CC(O)C1=C(C)C(=O)OC1=O. The average molecular weight is 637 g/mol. The molecule has 11 nitrogen and oxygen atoms in total. The van der Waals surface area contributed by atoms with Gasteiger partial charge in [0.15, 0.2) is 0 Å². The van der Waals surface area contributed by atoms with Crippen LogP contribution in [0.3, 0.4) is 0 Å². The van der Waals surface area contributed by atoms with Gasteiger partial charge in [0, 0.05) is 29.9 Å². The zero-order chi connectivity index (χ0) is 34.4. The van der Waals surface area contributed by atoms with Crippen molar-refractivity contribution in [3.63, 3.8) is 0 Å². The lowest BCUT2D eigenvalue weighted by atomic mass is 9.85. The molecule has 45 heavy (non-hydrogen) atoms. The molecule has 0 amide bonds. The third-order valence-electron chi connectivity index (χ3n) is 8.64. The van der Waals surface area contributed by atoms with Crippen LogP contribution >= 0.6 is 0 Å². The van der Waals surface area contributed by atoms with Gasteiger partial charge in [-0.05, 0) is 64.2 Å². The van der Waals surface area contributed by atoms with E-state index in [0.29, 0.717) is 18.3 Å². The Kier molecular flexibility index (Phi) is 17.2. The van der Waals surface area contributed by atoms with Gasteiger partial charge in [-0.25, -0.2) is 14.4 Å². The largest absolute Gasteiger partial charge is 0.478 e. The molecule has 0 aromatic heterocycles. The minimum Gasteiger partial charge on any atom is -0.478 e. The van der Waals surface area contributed by atoms with Crippen LogP contribution in [0.4, 0.5) is 0 Å². The molecule has 1 aliphatic heterocycles. The van der Waals surface area contributed by atoms with Crippen LogP contribution in [0.1, 0.15) is 99.8 Å². The van der Waals surface area contributed by atoms with E-state index in [0.717, 1.165) is 43.8 Å². The summed E-state index contributed by atoms with van der Waals surface area (Å²) >= 11 is 0. The number of cyclic esters (lactones) is 2. The molecule has 1 heterocycles. The number of ketones is 1. The number of Topliss-reactive ketones (excluding diaryl/α,β-unsaturated/α-hetero) is 1. The molecule has 0 radical (unpaired) electrons. The van der Waals surface area contributed by atoms with Crippen molar-refractivity contribution in [2.45, 2.75) is 124 Å². The van der Waals surface area contributed by atoms with Gasteiger partial charge < -0.3 is 29.9 Å². The monoisotopic (exact) mass is 636 g/mol. The summed E-state index contributed by atoms with van der Waals surface area (Å²) in [6.07, 6.45) is 4.33. The first kappa shape index (κ1) is 39.9. The van der Waals surface area contributed by atoms with Crippen molar-refractivity contribution in [2.75, 3.05) is 0 Å². The van der Waals surface area contributed by atoms with E-state index in [1.54, 1.807) is 19.9 Å². The lowest BCUT2D eigenvalue weighted by Crippen LogP contribution is -2.36. The highest BCUT2D eigenvalue weighted by molar-refractivity contribution is 6.12. The molecule has 0 saturated carbocycles. The molecule has 0 aliphatic carbocycles. The molecule has 0 aromatic carbocycles. The second-order valence-corrected chi connectivity index (χ2v) is 12.5. The fourth-order valence-corrected chi connectivity index (χ4v) is 5.28. The number of hydrogen-bond acceptors (Lipinski definition) is 10. The van der Waals surface area contributed by atoms with Gasteiger partial charge in [-0.2, -0.15) is 0 Å². The van der Waals surface area contributed by atoms with Gasteiger partial charge in [0.1, 0.15) is 11.9 Å². The molecule has 0 fully saturated rings. The van der Waals surface area contributed by atoms with Gasteiger partial charge in [0.05, 0.1) is 30.3 Å². The Balaban J connectivity index is 2.48. The smallest absolute Gasteiger partial charge is 0.345 e. The molecule has 11 heteroatoms. The van der Waals surface area contributed by atoms with E-state index < -0.39 is 66.5 Å². The number of carbonyl (C=O) groups excluding carboxylic acids is 4. The van der Waals surface area contributed by atoms with E-state index in [9.17, 15) is 39.3 Å². The highest BCUT2D eigenvalue weighted by atomic mass is 16.6. The fraction of sp³-hybridized carbons (Fsp3) is 0.676. The molecule has 0 spiro atoms. The van der Waals surface area contributed by atoms with Gasteiger partial charge in [0.25, 0.3) is 0 Å². The maximum atomic E-state index is 12.8. The Morgan fingerprint density at radius 2 is 1.49 bits per heavy atom. The van der Waals surface area contributed by atoms with E-state index in [1.807, 2.05) is 6.92 Å². The highest BCUT2D eigenvalue weighted by Gasteiger charge is 2.36. The number of ether oxygens (including phenoxy) is 2. The van der Waals surface area contributed by atoms with E-state index >= 15 is 0 Å². The van der Waals surface area contributed by atoms with Crippen LogP contribution in [0.5, 0.6) is 0 Å². The van der Waals surface area contributed by atoms with E-state index in [1.165, 1.54) is 13.8 Å². The Morgan fingerprint density at radius 3 is 2.04 bits per heavy atom. The quantitative estimate of drug-likeness (QED) is 0.0612. The molecule has 254 valence electrons. The van der Waals surface area contributed by atoms with Crippen molar-refractivity contribution in [1.29, 1.82) is 0 Å². The summed E-state index contributed by atoms with van der Waals surface area (Å²) in [6.45, 7) is 12.4. The lowest BCUT2D eigenvalue weighted by molar-refractivity contribution is -0.154. The molecule has 0 bridgehead atoms. The van der Waals surface area contributed by atoms with Crippen LogP contribution < -0.4 is 0 Å². The molecular formula is C34H52O11. The normalized spacial score (nSPS) is 19.5. The summed E-state index contributed by atoms with van der Waals surface area (Å²) in [5.41, 5.74) is 0.629. The van der Waals surface area contributed by atoms with Crippen molar-refractivity contribution in [1.82, 2.24) is 0 Å². The maximum Gasteiger partial charge on any atom is 0.345 e. The molecule has 8 atom stereocenters. The second-order valence-electron chi connectivity index (χ2n) is 12.5. The predicted octanol–water partition coefficient (Wildman–Crippen LogP) is 4.22. The Morgan fingerprint density at radius 1 is 0.867 bits per heavy atom. The van der Waals surface area contributed by atoms with Crippen molar-refractivity contribution in [3.8, 4) is 0 Å². The van der Waals surface area contributed by atoms with Crippen molar-refractivity contribution in [3.05, 3.63) is 34.9 Å². The number of allylic oxidation sites excluding steroid dienone is 3. The number of esters is 3. The van der Waals surface area contributed by atoms with E-state index in [2.05, 4.69) is 24.7 Å². The van der Waals surface area contributed by atoms with Crippen molar-refractivity contribution < 1.29 is 53.9 Å². The molecule has 0 aromatic rings. The van der Waals surface area contributed by atoms with Crippen LogP contribution in [0.25, 0.3) is 0 Å². The zero-order valence-corrected chi connectivity index (χ0v) is 27.7. The Labute approximate surface area is 266 Å². The number of hydrogen-bond donors (Lipinski definition) is 4. The summed E-state index contributed by atoms with van der Waals surface area (Å²) < 4.78 is 9.73. The molecule has 1 aliphatic rings. The number of aliphatic carboxylic acids is 1. The second kappa shape index (κ2) is 19.4. The van der Waals surface area contributed by atoms with Crippen molar-refractivity contribution in [2.24, 2.45) is 23.7 Å². The first-order valence-electron chi connectivity index (χ1n) is 15.8. The third kappa shape index (κ3) is 13.8. The summed E-state index contributed by atoms with van der Waals surface area (Å²) in [5.74, 6) is -4.57. The minimum absolute atomic E-state index is 0.0737. The third-order valence-corrected chi connectivity index (χ3v) is 8.64. The fourth-order valence-electron chi connectivity index (χ4n) is 5.28.